The molecule has 0 aliphatic carbocycles. The standard InChI is InChI=1S/C10H19O6PS2.C9H21O2PS3.C8H20O5P2S2.C8H19O3PS3.C7H13O5PS.C7H17O4PS2.2C7H17O2PS3.C6H15O4PS2.C6H15O2PS3/c1-5-15-9(11)7-8(10(12)16-6-2)19-17(18,13-3)14-4;1-6-10-12(13,11-7-2)15-8-14-9(3,4)5;1-5-9-14(16,10-6-2)13-15(17,11-7-3)12-8-4;1-4-10-12(13,11-5-2)14-7-8-15(9)6-3;1-6(7(8)9-2)5-12-13(14,10-3)11-4;1-5-14(9)6-7(2)13-12(8,10-3)11-4;1-7(2)12-5-6-13-10(11,8-3)9-4;1-4-8-10(11,9-5-2)13-7-12-6-3;1-4-13(8)6-5-12-11(7,9-2)10-3;1-4-11-5-6-12-9(10,7-2)8-3/h8H,5-7H2,1-4H3;6-8H2,1-5H3;5-8H2,1-4H3;4-8H2,1-3H3;5H,1-4H3;7H,5-6H2,1-4H3;7H,5-6H2,1-4H3;4-7H2,1-3H3;4-6H2,1-3H3;4-6H2,1-3H3/b;;;;6-5+;;;;;. The molecule has 0 N–H and O–H groups in total. The Kier molecular flexibility index (Phi) is 129. The first kappa shape index (κ1) is 173. The number of hydrogen-bond donors (Lipinski definition) is 0. The van der Waals surface area contributed by atoms with Gasteiger partial charge in [0.2, 0.25) is 34.2 Å². The minimum absolute atomic E-state index is 0.00140. The van der Waals surface area contributed by atoms with Gasteiger partial charge in [-0.25, -0.2) is 18.2 Å². The molecule has 0 saturated heterocycles. The molecule has 0 fully saturated rings. The number of thioether (sulfide) groups is 4. The maximum Gasteiger partial charge on any atom is 0.388 e. The highest BCUT2D eigenvalue weighted by atomic mass is 32.9. The molecule has 70 heteroatoms. The first-order valence-electron chi connectivity index (χ1n) is 44.6. The van der Waals surface area contributed by atoms with Gasteiger partial charge in [0.25, 0.3) is 0 Å². The number of ether oxygens (including phenoxy) is 3. The minimum Gasteiger partial charge on any atom is -0.466 e. The second-order valence-corrected chi connectivity index (χ2v) is 95.2. The van der Waals surface area contributed by atoms with Crippen molar-refractivity contribution >= 4 is 363 Å². The Morgan fingerprint density at radius 2 is 0.710 bits per heavy atom. The Morgan fingerprint density at radius 1 is 0.366 bits per heavy atom. The molecule has 0 aromatic carbocycles. The topological polar surface area (TPSA) is 386 Å². The molecule has 5 atom stereocenters. The van der Waals surface area contributed by atoms with Crippen LogP contribution in [0.15, 0.2) is 11.8 Å². The number of carbonyl (C=O) groups excluding carboxylic acids is 3. The molecule has 0 aromatic rings. The summed E-state index contributed by atoms with van der Waals surface area (Å²) >= 11 is 65.7. The van der Waals surface area contributed by atoms with Gasteiger partial charge in [-0.2, -0.15) is 35.3 Å². The van der Waals surface area contributed by atoms with Crippen molar-refractivity contribution in [2.45, 2.75) is 193 Å². The Hall–Kier alpha value is 7.99. The summed E-state index contributed by atoms with van der Waals surface area (Å²) in [4.78, 5) is 34.2. The largest absolute Gasteiger partial charge is 0.466 e. The molecule has 0 aliphatic rings. The van der Waals surface area contributed by atoms with Crippen LogP contribution in [0.2, 0.25) is 0 Å². The summed E-state index contributed by atoms with van der Waals surface area (Å²) in [6.07, 6.45) is 1.06. The molecule has 0 rings (SSSR count). The van der Waals surface area contributed by atoms with E-state index in [1.54, 1.807) is 87.8 Å². The van der Waals surface area contributed by atoms with Crippen LogP contribution in [0.25, 0.3) is 0 Å². The van der Waals surface area contributed by atoms with Gasteiger partial charge in [-0.1, -0.05) is 144 Å². The highest BCUT2D eigenvalue weighted by molar-refractivity contribution is 8.71. The number of esters is 3. The van der Waals surface area contributed by atoms with E-state index in [0.717, 1.165) is 84.6 Å². The highest BCUT2D eigenvalue weighted by Crippen LogP contribution is 2.69. The minimum atomic E-state index is -3.02. The zero-order valence-corrected chi connectivity index (χ0v) is 121. The van der Waals surface area contributed by atoms with Crippen LogP contribution in [0.3, 0.4) is 0 Å². The van der Waals surface area contributed by atoms with Gasteiger partial charge in [-0.3, -0.25) is 22.2 Å². The second kappa shape index (κ2) is 108. The molecule has 145 heavy (non-hydrogen) atoms. The summed E-state index contributed by atoms with van der Waals surface area (Å²) in [5, 5.41) is 1.80. The van der Waals surface area contributed by atoms with E-state index >= 15 is 0 Å². The number of rotatable bonds is 76. The van der Waals surface area contributed by atoms with E-state index in [4.69, 9.17) is 224 Å². The smallest absolute Gasteiger partial charge is 0.388 e. The molecule has 0 aliphatic heterocycles. The summed E-state index contributed by atoms with van der Waals surface area (Å²) in [7, 11) is 16.3. The van der Waals surface area contributed by atoms with Crippen LogP contribution in [0, 0.1) is 0 Å². The van der Waals surface area contributed by atoms with E-state index < -0.39 is 123 Å². The Morgan fingerprint density at radius 3 is 1.02 bits per heavy atom. The third-order valence-corrected chi connectivity index (χ3v) is 75.6. The third kappa shape index (κ3) is 107. The van der Waals surface area contributed by atoms with E-state index in [9.17, 15) is 36.1 Å². The molecule has 0 bridgehead atoms. The fourth-order valence-corrected chi connectivity index (χ4v) is 56.0. The van der Waals surface area contributed by atoms with Crippen LogP contribution >= 0.6 is 206 Å². The van der Waals surface area contributed by atoms with Gasteiger partial charge in [0.1, 0.15) is 11.5 Å². The van der Waals surface area contributed by atoms with Crippen LogP contribution in [0.5, 0.6) is 0 Å². The summed E-state index contributed by atoms with van der Waals surface area (Å²) in [6, 6.07) is 0. The van der Waals surface area contributed by atoms with E-state index in [-0.39, 0.29) is 35.2 Å². The van der Waals surface area contributed by atoms with Crippen molar-refractivity contribution in [3.05, 3.63) is 11.8 Å². The van der Waals surface area contributed by atoms with Crippen molar-refractivity contribution in [2.24, 2.45) is 0 Å². The van der Waals surface area contributed by atoms with Gasteiger partial charge in [0.05, 0.1) is 98.4 Å². The average Bonchev–Trinajstić information content (AvgIpc) is 0.836. The quantitative estimate of drug-likeness (QED) is 0.0104. The lowest BCUT2D eigenvalue weighted by Gasteiger charge is -2.27. The van der Waals surface area contributed by atoms with Gasteiger partial charge < -0.3 is 118 Å². The molecule has 0 heterocycles. The van der Waals surface area contributed by atoms with E-state index in [2.05, 4.69) is 53.2 Å². The lowest BCUT2D eigenvalue weighted by molar-refractivity contribution is -0.149. The predicted molar refractivity (Wildman–Crippen MR) is 680 cm³/mol. The fraction of sp³-hybridized carbons (Fsp3) is 0.933. The van der Waals surface area contributed by atoms with Crippen molar-refractivity contribution in [3.63, 3.8) is 0 Å². The second-order valence-electron chi connectivity index (χ2n) is 25.5. The van der Waals surface area contributed by atoms with Crippen molar-refractivity contribution in [2.75, 3.05) is 262 Å². The number of hydrogen-bond acceptors (Lipinski definition) is 56. The lowest BCUT2D eigenvalue weighted by Crippen LogP contribution is -2.24. The zero-order valence-electron chi connectivity index (χ0n) is 91.3. The Bertz CT molecular complexity index is 3750. The van der Waals surface area contributed by atoms with Crippen molar-refractivity contribution < 1.29 is 159 Å². The summed E-state index contributed by atoms with van der Waals surface area (Å²) < 4.78 is 195. The molecule has 5 unspecified atom stereocenters. The summed E-state index contributed by atoms with van der Waals surface area (Å²) in [5.41, 5.74) is -12.6. The first-order chi connectivity index (χ1) is 67.7. The predicted octanol–water partition coefficient (Wildman–Crippen LogP) is 28.9. The zero-order chi connectivity index (χ0) is 115. The van der Waals surface area contributed by atoms with Crippen LogP contribution in [0.4, 0.5) is 0 Å². The summed E-state index contributed by atoms with van der Waals surface area (Å²) in [5.74, 6) is 9.94. The lowest BCUT2D eigenvalue weighted by atomic mass is 10.3. The van der Waals surface area contributed by atoms with Crippen molar-refractivity contribution in [1.29, 1.82) is 0 Å². The van der Waals surface area contributed by atoms with E-state index in [0.29, 0.717) is 112 Å². The maximum absolute atomic E-state index is 11.8. The SMILES string of the molecule is CCOC(=O)CC(SP(=S)(OC)OC)C(=O)OCC.CCOP(=S)(OCC)OP(=S)(OCC)OCC.CCOP(=S)(OCC)SCCS(=O)CC.CCOP(=S)(OCC)SCSC(C)(C)C.CCOP(=S)(OCC)SCSCC.CCS(=O)CC(C)SP(=O)(OC)OC.CCS(=O)CCSP(=O)(OC)OC.CCSCCSP(=S)(OC)OC.COC(=O)/C(C)=C/OP(=S)(OC)OC.COP(=S)(OC)SCCSC(C)C. The molecule has 0 amide bonds. The highest BCUT2D eigenvalue weighted by Gasteiger charge is 2.35. The average molecular weight is 2750 g/mol. The van der Waals surface area contributed by atoms with Gasteiger partial charge in [0, 0.05) is 219 Å². The van der Waals surface area contributed by atoms with Crippen molar-refractivity contribution in [1.82, 2.24) is 0 Å². The molecular weight excluding hydrogens is 2570 g/mol. The van der Waals surface area contributed by atoms with Gasteiger partial charge >= 0.3 is 51.7 Å². The Balaban J connectivity index is -0.000000175. The number of carbonyl (C=O) groups is 3. The molecule has 35 nitrogen and oxygen atoms in total. The van der Waals surface area contributed by atoms with E-state index in [1.165, 1.54) is 88.6 Å². The molecule has 0 radical (unpaired) electrons. The van der Waals surface area contributed by atoms with Gasteiger partial charge in [-0.05, 0) is 224 Å². The van der Waals surface area contributed by atoms with Crippen molar-refractivity contribution in [3.8, 4) is 0 Å². The Labute approximate surface area is 977 Å². The molecular formula is C75H173O35P11S24. The third-order valence-electron chi connectivity index (χ3n) is 13.6. The normalized spacial score (nSPS) is 13.3. The fourth-order valence-electron chi connectivity index (χ4n) is 7.15. The molecule has 0 aromatic heterocycles. The van der Waals surface area contributed by atoms with Crippen LogP contribution in [-0.4, -0.2) is 313 Å². The molecule has 0 saturated carbocycles. The molecule has 0 spiro atoms. The monoisotopic (exact) mass is 2740 g/mol. The van der Waals surface area contributed by atoms with E-state index in [1.807, 2.05) is 144 Å². The van der Waals surface area contributed by atoms with Gasteiger partial charge in [-0.15, -0.1) is 11.8 Å². The van der Waals surface area contributed by atoms with Crippen LogP contribution in [-0.2, 0) is 285 Å². The van der Waals surface area contributed by atoms with Crippen LogP contribution < -0.4 is 0 Å². The first-order valence-corrected chi connectivity index (χ1v) is 92.5. The van der Waals surface area contributed by atoms with Gasteiger partial charge in [0.15, 0.2) is 0 Å². The molecule has 882 valence electrons. The maximum atomic E-state index is 11.8. The number of methoxy groups -OCH3 is 1. The van der Waals surface area contributed by atoms with Crippen LogP contribution in [0.1, 0.15) is 173 Å². The summed E-state index contributed by atoms with van der Waals surface area (Å²) in [6.45, 7) is 37.8.